The molecule has 1 aliphatic rings. The van der Waals surface area contributed by atoms with E-state index in [1.807, 2.05) is 36.4 Å². The molecule has 226 valence electrons. The van der Waals surface area contributed by atoms with Gasteiger partial charge in [-0.25, -0.2) is 0 Å². The summed E-state index contributed by atoms with van der Waals surface area (Å²) in [7, 11) is 0. The third kappa shape index (κ3) is 4.62. The highest BCUT2D eigenvalue weighted by atomic mass is 16.6. The van der Waals surface area contributed by atoms with Crippen molar-refractivity contribution in [1.29, 1.82) is 0 Å². The second kappa shape index (κ2) is 11.8. The molecule has 0 saturated heterocycles. The molecular weight excluding hydrogens is 558 g/mol. The van der Waals surface area contributed by atoms with Gasteiger partial charge in [0.05, 0.1) is 9.85 Å². The largest absolute Gasteiger partial charge is 0.283 e. The Morgan fingerprint density at radius 1 is 0.636 bits per heavy atom. The molecule has 0 N–H and O–H groups in total. The SMILES string of the molecule is CCCCCCC(CCCCCC)N1C(=O)c2c([N+](=O)[O-])cc3c4cccc5cccc(c6cc([N+](=O)[O-])c(c2c36)C1=O)c54. The Morgan fingerprint density at radius 3 is 1.55 bits per heavy atom. The molecule has 6 rings (SSSR count). The molecule has 0 radical (unpaired) electrons. The van der Waals surface area contributed by atoms with Crippen LogP contribution in [0.2, 0.25) is 0 Å². The summed E-state index contributed by atoms with van der Waals surface area (Å²) in [5, 5.41) is 29.9. The first kappa shape index (κ1) is 29.4. The zero-order valence-electron chi connectivity index (χ0n) is 25.1. The van der Waals surface area contributed by atoms with Crippen molar-refractivity contribution in [2.75, 3.05) is 0 Å². The third-order valence-electron chi connectivity index (χ3n) is 9.25. The van der Waals surface area contributed by atoms with Gasteiger partial charge in [-0.05, 0) is 45.2 Å². The average Bonchev–Trinajstić information content (AvgIpc) is 3.01. The number of rotatable bonds is 13. The summed E-state index contributed by atoms with van der Waals surface area (Å²) in [6.07, 6.45) is 8.63. The standard InChI is InChI=1S/C35H35N3O6/c1-3-5-7-9-15-22(16-10-8-6-4-2)36-34(39)31-27(37(41)42)19-25-23-17-11-13-21-14-12-18-24(29(21)23)26-20-28(38(43)44)32(35(36)40)33(31)30(25)26/h11-14,17-20,22H,3-10,15-16H2,1-2H3. The summed E-state index contributed by atoms with van der Waals surface area (Å²) >= 11 is 0. The number of nitro benzene ring substituents is 2. The number of hydrogen-bond donors (Lipinski definition) is 0. The van der Waals surface area contributed by atoms with Crippen molar-refractivity contribution < 1.29 is 19.4 Å². The van der Waals surface area contributed by atoms with Crippen LogP contribution < -0.4 is 0 Å². The second-order valence-corrected chi connectivity index (χ2v) is 11.9. The predicted octanol–water partition coefficient (Wildman–Crippen LogP) is 9.46. The Bertz CT molecular complexity index is 1840. The minimum absolute atomic E-state index is 0.0203. The van der Waals surface area contributed by atoms with Crippen molar-refractivity contribution in [2.45, 2.75) is 84.1 Å². The molecule has 9 nitrogen and oxygen atoms in total. The van der Waals surface area contributed by atoms with Gasteiger partial charge in [0, 0.05) is 28.9 Å². The van der Waals surface area contributed by atoms with Crippen LogP contribution in [-0.2, 0) is 0 Å². The first-order chi connectivity index (χ1) is 21.3. The fraction of sp³-hybridized carbons (Fsp3) is 0.371. The van der Waals surface area contributed by atoms with Crippen molar-refractivity contribution >= 4 is 66.3 Å². The van der Waals surface area contributed by atoms with Crippen LogP contribution in [0, 0.1) is 20.2 Å². The van der Waals surface area contributed by atoms with Gasteiger partial charge in [0.2, 0.25) is 0 Å². The minimum atomic E-state index is -0.736. The molecule has 44 heavy (non-hydrogen) atoms. The van der Waals surface area contributed by atoms with Gasteiger partial charge in [0.25, 0.3) is 23.2 Å². The lowest BCUT2D eigenvalue weighted by Gasteiger charge is -2.34. The molecular formula is C35H35N3O6. The lowest BCUT2D eigenvalue weighted by molar-refractivity contribution is -0.385. The molecule has 0 unspecified atom stereocenters. The molecule has 0 bridgehead atoms. The van der Waals surface area contributed by atoms with Gasteiger partial charge < -0.3 is 0 Å². The number of nitrogens with zero attached hydrogens (tertiary/aromatic N) is 3. The summed E-state index contributed by atoms with van der Waals surface area (Å²) in [6.45, 7) is 4.21. The predicted molar refractivity (Wildman–Crippen MR) is 173 cm³/mol. The molecule has 1 heterocycles. The third-order valence-corrected chi connectivity index (χ3v) is 9.25. The number of carbonyl (C=O) groups excluding carboxylic acids is 2. The number of benzene rings is 5. The molecule has 1 aliphatic heterocycles. The molecule has 0 fully saturated rings. The summed E-state index contributed by atoms with van der Waals surface area (Å²) in [6, 6.07) is 13.6. The van der Waals surface area contributed by atoms with Crippen LogP contribution in [0.4, 0.5) is 11.4 Å². The maximum absolute atomic E-state index is 14.4. The van der Waals surface area contributed by atoms with Crippen LogP contribution in [0.3, 0.4) is 0 Å². The number of amides is 2. The Labute approximate surface area is 254 Å². The molecule has 9 heteroatoms. The van der Waals surface area contributed by atoms with Crippen LogP contribution in [0.25, 0.3) is 43.1 Å². The summed E-state index contributed by atoms with van der Waals surface area (Å²) in [5.41, 5.74) is -1.33. The summed E-state index contributed by atoms with van der Waals surface area (Å²) < 4.78 is 0. The average molecular weight is 594 g/mol. The van der Waals surface area contributed by atoms with Crippen LogP contribution in [0.1, 0.15) is 98.8 Å². The van der Waals surface area contributed by atoms with E-state index in [1.165, 1.54) is 12.1 Å². The molecule has 0 saturated carbocycles. The van der Waals surface area contributed by atoms with E-state index in [1.54, 1.807) is 0 Å². The summed E-state index contributed by atoms with van der Waals surface area (Å²) in [5.74, 6) is -1.47. The van der Waals surface area contributed by atoms with Crippen molar-refractivity contribution in [3.8, 4) is 0 Å². The van der Waals surface area contributed by atoms with E-state index in [0.717, 1.165) is 77.8 Å². The number of imide groups is 1. The van der Waals surface area contributed by atoms with Crippen molar-refractivity contribution in [3.05, 3.63) is 79.9 Å². The van der Waals surface area contributed by atoms with Gasteiger partial charge in [-0.15, -0.1) is 0 Å². The van der Waals surface area contributed by atoms with Gasteiger partial charge >= 0.3 is 0 Å². The van der Waals surface area contributed by atoms with E-state index in [0.29, 0.717) is 29.0 Å². The molecule has 0 atom stereocenters. The lowest BCUT2D eigenvalue weighted by atomic mass is 9.82. The number of carbonyl (C=O) groups is 2. The minimum Gasteiger partial charge on any atom is -0.271 e. The number of unbranched alkanes of at least 4 members (excludes halogenated alkanes) is 6. The first-order valence-corrected chi connectivity index (χ1v) is 15.7. The van der Waals surface area contributed by atoms with E-state index in [2.05, 4.69) is 13.8 Å². The maximum Gasteiger partial charge on any atom is 0.283 e. The van der Waals surface area contributed by atoms with Crippen LogP contribution in [-0.4, -0.2) is 32.6 Å². The Hall–Kier alpha value is -4.66. The number of fused-ring (bicyclic) bond motifs is 2. The first-order valence-electron chi connectivity index (χ1n) is 15.7. The topological polar surface area (TPSA) is 124 Å². The molecule has 0 aliphatic carbocycles. The van der Waals surface area contributed by atoms with E-state index < -0.39 is 39.1 Å². The Kier molecular flexibility index (Phi) is 7.88. The fourth-order valence-electron chi connectivity index (χ4n) is 7.22. The van der Waals surface area contributed by atoms with Crippen LogP contribution >= 0.6 is 0 Å². The zero-order chi connectivity index (χ0) is 31.1. The maximum atomic E-state index is 14.4. The van der Waals surface area contributed by atoms with Gasteiger partial charge in [-0.1, -0.05) is 102 Å². The van der Waals surface area contributed by atoms with E-state index in [4.69, 9.17) is 0 Å². The van der Waals surface area contributed by atoms with Gasteiger partial charge in [-0.2, -0.15) is 0 Å². The van der Waals surface area contributed by atoms with Gasteiger partial charge in [0.1, 0.15) is 11.1 Å². The van der Waals surface area contributed by atoms with Crippen molar-refractivity contribution in [3.63, 3.8) is 0 Å². The van der Waals surface area contributed by atoms with Crippen molar-refractivity contribution in [2.24, 2.45) is 0 Å². The molecule has 0 spiro atoms. The normalized spacial score (nSPS) is 13.4. The van der Waals surface area contributed by atoms with E-state index in [9.17, 15) is 29.8 Å². The molecule has 0 aromatic heterocycles. The smallest absolute Gasteiger partial charge is 0.271 e. The number of nitro groups is 2. The van der Waals surface area contributed by atoms with E-state index in [-0.39, 0.29) is 16.5 Å². The lowest BCUT2D eigenvalue weighted by Crippen LogP contribution is -2.47. The highest BCUT2D eigenvalue weighted by Crippen LogP contribution is 2.49. The highest BCUT2D eigenvalue weighted by Gasteiger charge is 2.45. The Morgan fingerprint density at radius 2 is 1.11 bits per heavy atom. The molecule has 2 amide bonds. The highest BCUT2D eigenvalue weighted by molar-refractivity contribution is 6.40. The quantitative estimate of drug-likeness (QED) is 0.0334. The van der Waals surface area contributed by atoms with Gasteiger partial charge in [0.15, 0.2) is 0 Å². The van der Waals surface area contributed by atoms with Crippen LogP contribution in [0.5, 0.6) is 0 Å². The fourth-order valence-corrected chi connectivity index (χ4v) is 7.22. The van der Waals surface area contributed by atoms with Crippen molar-refractivity contribution in [1.82, 2.24) is 4.90 Å². The number of hydrogen-bond acceptors (Lipinski definition) is 6. The van der Waals surface area contributed by atoms with Gasteiger partial charge in [-0.3, -0.25) is 34.7 Å². The Balaban J connectivity index is 1.66. The monoisotopic (exact) mass is 593 g/mol. The molecule has 5 aromatic carbocycles. The van der Waals surface area contributed by atoms with E-state index >= 15 is 0 Å². The zero-order valence-corrected chi connectivity index (χ0v) is 25.1. The second-order valence-electron chi connectivity index (χ2n) is 11.9. The summed E-state index contributed by atoms with van der Waals surface area (Å²) in [4.78, 5) is 54.1. The molecule has 5 aromatic rings. The van der Waals surface area contributed by atoms with Crippen LogP contribution in [0.15, 0.2) is 48.5 Å².